The molecular weight excluding hydrogens is 248 g/mol. The molecule has 0 fully saturated rings. The van der Waals surface area contributed by atoms with Gasteiger partial charge in [-0.1, -0.05) is 13.3 Å². The second-order valence-corrected chi connectivity index (χ2v) is 5.42. The number of likely N-dealkylation sites (N-methyl/N-ethyl adjacent to an activating group) is 1. The normalized spacial score (nSPS) is 11.7. The molecule has 108 valence electrons. The molecule has 0 saturated heterocycles. The first-order valence-corrected chi connectivity index (χ1v) is 6.31. The third-order valence-electron chi connectivity index (χ3n) is 2.72. The minimum Gasteiger partial charge on any atom is -0.389 e. The monoisotopic (exact) mass is 270 g/mol. The summed E-state index contributed by atoms with van der Waals surface area (Å²) in [5, 5.41) is 25.3. The van der Waals surface area contributed by atoms with Crippen LogP contribution in [-0.4, -0.2) is 39.0 Å². The molecule has 0 unspecified atom stereocenters. The van der Waals surface area contributed by atoms with Gasteiger partial charge in [0.05, 0.1) is 10.5 Å². The van der Waals surface area contributed by atoms with E-state index in [9.17, 15) is 15.2 Å². The van der Waals surface area contributed by atoms with Crippen LogP contribution in [-0.2, 0) is 13.5 Å². The zero-order valence-electron chi connectivity index (χ0n) is 12.2. The molecule has 0 bridgehead atoms. The Kier molecular flexibility index (Phi) is 4.52. The van der Waals surface area contributed by atoms with Crippen LogP contribution in [0, 0.1) is 10.1 Å². The predicted molar refractivity (Wildman–Crippen MR) is 73.4 cm³/mol. The molecule has 1 rings (SSSR count). The maximum atomic E-state index is 11.3. The number of hydrogen-bond donors (Lipinski definition) is 1. The summed E-state index contributed by atoms with van der Waals surface area (Å²) in [6.45, 7) is 5.58. The lowest BCUT2D eigenvalue weighted by molar-refractivity contribution is -0.384. The lowest BCUT2D eigenvalue weighted by Gasteiger charge is -2.26. The van der Waals surface area contributed by atoms with Gasteiger partial charge in [0.25, 0.3) is 0 Å². The van der Waals surface area contributed by atoms with Crippen LogP contribution in [0.2, 0.25) is 0 Å². The fourth-order valence-corrected chi connectivity index (χ4v) is 2.23. The van der Waals surface area contributed by atoms with Crippen molar-refractivity contribution in [2.24, 2.45) is 7.05 Å². The minimum atomic E-state index is -0.933. The molecule has 1 aromatic rings. The average Bonchev–Trinajstić information content (AvgIpc) is 2.53. The summed E-state index contributed by atoms with van der Waals surface area (Å²) in [7, 11) is 3.40. The summed E-state index contributed by atoms with van der Waals surface area (Å²) in [5.41, 5.74) is -0.402. The fourth-order valence-electron chi connectivity index (χ4n) is 2.23. The van der Waals surface area contributed by atoms with E-state index in [-0.39, 0.29) is 5.69 Å². The molecule has 7 nitrogen and oxygen atoms in total. The Morgan fingerprint density at radius 2 is 2.11 bits per heavy atom. The van der Waals surface area contributed by atoms with Crippen molar-refractivity contribution >= 4 is 11.5 Å². The lowest BCUT2D eigenvalue weighted by Crippen LogP contribution is -2.37. The molecular formula is C12H22N4O3. The van der Waals surface area contributed by atoms with Crippen LogP contribution in [0.1, 0.15) is 32.9 Å². The van der Waals surface area contributed by atoms with Gasteiger partial charge in [-0.25, -0.2) is 4.68 Å². The molecule has 0 radical (unpaired) electrons. The summed E-state index contributed by atoms with van der Waals surface area (Å²) in [6, 6.07) is 0. The molecule has 1 N–H and O–H groups in total. The van der Waals surface area contributed by atoms with Crippen LogP contribution in [0.4, 0.5) is 11.5 Å². The van der Waals surface area contributed by atoms with Gasteiger partial charge in [-0.3, -0.25) is 10.1 Å². The summed E-state index contributed by atoms with van der Waals surface area (Å²) in [4.78, 5) is 12.5. The van der Waals surface area contributed by atoms with Crippen molar-refractivity contribution in [1.29, 1.82) is 0 Å². The van der Waals surface area contributed by atoms with E-state index < -0.39 is 10.5 Å². The Balaban J connectivity index is 3.22. The lowest BCUT2D eigenvalue weighted by atomic mass is 10.1. The van der Waals surface area contributed by atoms with Crippen LogP contribution in [0.15, 0.2) is 0 Å². The van der Waals surface area contributed by atoms with E-state index >= 15 is 0 Å². The largest absolute Gasteiger partial charge is 0.389 e. The molecule has 0 aliphatic carbocycles. The molecule has 0 saturated carbocycles. The Bertz CT molecular complexity index is 462. The van der Waals surface area contributed by atoms with Gasteiger partial charge in [0.2, 0.25) is 5.82 Å². The zero-order valence-corrected chi connectivity index (χ0v) is 12.2. The molecule has 1 aromatic heterocycles. The third kappa shape index (κ3) is 3.66. The number of nitrogens with zero attached hydrogens (tertiary/aromatic N) is 4. The van der Waals surface area contributed by atoms with Gasteiger partial charge in [0.15, 0.2) is 0 Å². The van der Waals surface area contributed by atoms with Gasteiger partial charge in [-0.05, 0) is 20.3 Å². The topological polar surface area (TPSA) is 84.4 Å². The summed E-state index contributed by atoms with van der Waals surface area (Å²) < 4.78 is 1.51. The minimum absolute atomic E-state index is 0.0381. The molecule has 0 spiro atoms. The highest BCUT2D eigenvalue weighted by Gasteiger charge is 2.30. The van der Waals surface area contributed by atoms with E-state index in [0.717, 1.165) is 6.42 Å². The summed E-state index contributed by atoms with van der Waals surface area (Å²) in [6.07, 6.45) is 1.37. The Labute approximate surface area is 113 Å². The quantitative estimate of drug-likeness (QED) is 0.625. The van der Waals surface area contributed by atoms with Gasteiger partial charge in [-0.2, -0.15) is 5.10 Å². The first-order valence-electron chi connectivity index (χ1n) is 6.31. The molecule has 0 amide bonds. The third-order valence-corrected chi connectivity index (χ3v) is 2.72. The molecule has 0 aliphatic rings. The van der Waals surface area contributed by atoms with Gasteiger partial charge in [0.1, 0.15) is 5.69 Å². The first-order chi connectivity index (χ1) is 8.67. The van der Waals surface area contributed by atoms with Crippen LogP contribution in [0.25, 0.3) is 0 Å². The number of aliphatic hydroxyl groups is 1. The summed E-state index contributed by atoms with van der Waals surface area (Å²) >= 11 is 0. The van der Waals surface area contributed by atoms with Crippen LogP contribution >= 0.6 is 0 Å². The highest BCUT2D eigenvalue weighted by Crippen LogP contribution is 2.32. The number of anilines is 1. The smallest absolute Gasteiger partial charge is 0.334 e. The van der Waals surface area contributed by atoms with Gasteiger partial charge in [0, 0.05) is 20.6 Å². The van der Waals surface area contributed by atoms with E-state index in [1.165, 1.54) is 4.68 Å². The number of hydrogen-bond acceptors (Lipinski definition) is 5. The maximum absolute atomic E-state index is 11.3. The van der Waals surface area contributed by atoms with Crippen molar-refractivity contribution in [3.63, 3.8) is 0 Å². The van der Waals surface area contributed by atoms with Crippen LogP contribution in [0.3, 0.4) is 0 Å². The molecule has 0 aliphatic heterocycles. The number of aromatic nitrogens is 2. The molecule has 0 aromatic carbocycles. The Morgan fingerprint density at radius 3 is 2.53 bits per heavy atom. The van der Waals surface area contributed by atoms with Crippen molar-refractivity contribution < 1.29 is 10.0 Å². The standard InChI is InChI=1S/C12H22N4O3/c1-6-7-9-10(16(18)19)11(15(5)13-9)14(4)8-12(2,3)17/h17H,6-8H2,1-5H3. The zero-order chi connectivity index (χ0) is 14.8. The van der Waals surface area contributed by atoms with E-state index in [0.29, 0.717) is 24.5 Å². The van der Waals surface area contributed by atoms with E-state index in [2.05, 4.69) is 5.10 Å². The van der Waals surface area contributed by atoms with Crippen LogP contribution < -0.4 is 4.90 Å². The highest BCUT2D eigenvalue weighted by molar-refractivity contribution is 5.61. The fraction of sp³-hybridized carbons (Fsp3) is 0.750. The molecule has 19 heavy (non-hydrogen) atoms. The summed E-state index contributed by atoms with van der Waals surface area (Å²) in [5.74, 6) is 0.426. The SMILES string of the molecule is CCCc1nn(C)c(N(C)CC(C)(C)O)c1[N+](=O)[O-]. The second kappa shape index (κ2) is 5.56. The predicted octanol–water partition coefficient (Wildman–Crippen LogP) is 1.49. The number of nitro groups is 1. The average molecular weight is 270 g/mol. The number of rotatable bonds is 6. The Hall–Kier alpha value is -1.63. The second-order valence-electron chi connectivity index (χ2n) is 5.42. The van der Waals surface area contributed by atoms with Crippen molar-refractivity contribution in [3.8, 4) is 0 Å². The number of aryl methyl sites for hydroxylation is 2. The van der Waals surface area contributed by atoms with E-state index in [4.69, 9.17) is 0 Å². The molecule has 1 heterocycles. The van der Waals surface area contributed by atoms with E-state index in [1.807, 2.05) is 6.92 Å². The highest BCUT2D eigenvalue weighted by atomic mass is 16.6. The van der Waals surface area contributed by atoms with Gasteiger partial charge >= 0.3 is 5.69 Å². The van der Waals surface area contributed by atoms with Crippen molar-refractivity contribution in [1.82, 2.24) is 9.78 Å². The Morgan fingerprint density at radius 1 is 1.53 bits per heavy atom. The van der Waals surface area contributed by atoms with Crippen molar-refractivity contribution in [2.45, 2.75) is 39.2 Å². The first kappa shape index (κ1) is 15.4. The van der Waals surface area contributed by atoms with E-state index in [1.54, 1.807) is 32.8 Å². The van der Waals surface area contributed by atoms with Gasteiger partial charge in [-0.15, -0.1) is 0 Å². The van der Waals surface area contributed by atoms with Crippen LogP contribution in [0.5, 0.6) is 0 Å². The maximum Gasteiger partial charge on any atom is 0.334 e. The van der Waals surface area contributed by atoms with Crippen molar-refractivity contribution in [3.05, 3.63) is 15.8 Å². The molecule has 7 heteroatoms. The molecule has 0 atom stereocenters. The van der Waals surface area contributed by atoms with Crippen molar-refractivity contribution in [2.75, 3.05) is 18.5 Å². The van der Waals surface area contributed by atoms with Gasteiger partial charge < -0.3 is 10.0 Å².